The molecule has 2 rings (SSSR count). The molecule has 0 amide bonds. The van der Waals surface area contributed by atoms with Crippen molar-refractivity contribution >= 4 is 0 Å². The van der Waals surface area contributed by atoms with Gasteiger partial charge in [0.25, 0.3) is 0 Å². The summed E-state index contributed by atoms with van der Waals surface area (Å²) in [4.78, 5) is 0. The Bertz CT molecular complexity index is 364. The Morgan fingerprint density at radius 2 is 2.11 bits per heavy atom. The van der Waals surface area contributed by atoms with Crippen molar-refractivity contribution in [3.63, 3.8) is 0 Å². The van der Waals surface area contributed by atoms with Crippen molar-refractivity contribution in [2.75, 3.05) is 6.54 Å². The van der Waals surface area contributed by atoms with E-state index in [0.717, 1.165) is 19.5 Å². The van der Waals surface area contributed by atoms with Gasteiger partial charge >= 0.3 is 0 Å². The molecular formula is C15H27N3. The molecule has 1 aromatic rings. The summed E-state index contributed by atoms with van der Waals surface area (Å²) in [6.07, 6.45) is 8.52. The summed E-state index contributed by atoms with van der Waals surface area (Å²) in [6, 6.07) is 2.66. The highest BCUT2D eigenvalue weighted by atomic mass is 15.3. The Morgan fingerprint density at radius 1 is 1.39 bits per heavy atom. The van der Waals surface area contributed by atoms with Crippen LogP contribution < -0.4 is 5.32 Å². The summed E-state index contributed by atoms with van der Waals surface area (Å²) in [7, 11) is 0. The van der Waals surface area contributed by atoms with Crippen LogP contribution in [0.5, 0.6) is 0 Å². The minimum absolute atomic E-state index is 0.404. The number of nitrogens with one attached hydrogen (secondary N) is 1. The topological polar surface area (TPSA) is 29.9 Å². The lowest BCUT2D eigenvalue weighted by Crippen LogP contribution is -2.36. The van der Waals surface area contributed by atoms with Crippen molar-refractivity contribution in [1.82, 2.24) is 15.1 Å². The van der Waals surface area contributed by atoms with Crippen LogP contribution in [-0.2, 0) is 6.54 Å². The molecule has 1 N–H and O–H groups in total. The van der Waals surface area contributed by atoms with Gasteiger partial charge in [-0.1, -0.05) is 33.6 Å². The first-order chi connectivity index (χ1) is 8.71. The molecule has 1 atom stereocenters. The Labute approximate surface area is 111 Å². The van der Waals surface area contributed by atoms with Crippen molar-refractivity contribution in [2.24, 2.45) is 5.41 Å². The molecule has 0 saturated heterocycles. The number of nitrogens with zero attached hydrogens (tertiary/aromatic N) is 2. The van der Waals surface area contributed by atoms with Crippen molar-refractivity contribution in [1.29, 1.82) is 0 Å². The van der Waals surface area contributed by atoms with Crippen molar-refractivity contribution in [2.45, 2.75) is 65.5 Å². The number of hydrogen-bond acceptors (Lipinski definition) is 2. The quantitative estimate of drug-likeness (QED) is 0.836. The molecule has 0 spiro atoms. The predicted octanol–water partition coefficient (Wildman–Crippen LogP) is 3.52. The van der Waals surface area contributed by atoms with Crippen LogP contribution >= 0.6 is 0 Å². The van der Waals surface area contributed by atoms with E-state index in [-0.39, 0.29) is 0 Å². The maximum absolute atomic E-state index is 4.49. The SMILES string of the molecule is CCCn1nccc1C(NCC)C1(C)CCCC1. The standard InChI is InChI=1S/C15H27N3/c1-4-12-18-13(8-11-17-18)14(16-5-2)15(3)9-6-7-10-15/h8,11,14,16H,4-7,9-10,12H2,1-3H3. The lowest BCUT2D eigenvalue weighted by Gasteiger charge is -2.35. The number of aromatic nitrogens is 2. The van der Waals surface area contributed by atoms with Gasteiger partial charge in [0.2, 0.25) is 0 Å². The number of hydrogen-bond donors (Lipinski definition) is 1. The molecule has 1 aromatic heterocycles. The van der Waals surface area contributed by atoms with Gasteiger partial charge in [0.05, 0.1) is 11.7 Å². The Morgan fingerprint density at radius 3 is 2.72 bits per heavy atom. The summed E-state index contributed by atoms with van der Waals surface area (Å²) in [6.45, 7) is 8.91. The third-order valence-electron chi connectivity index (χ3n) is 4.33. The molecule has 1 heterocycles. The molecule has 1 unspecified atom stereocenters. The van der Waals surface area contributed by atoms with Gasteiger partial charge in [0.1, 0.15) is 0 Å². The molecule has 1 fully saturated rings. The molecule has 18 heavy (non-hydrogen) atoms. The molecule has 1 saturated carbocycles. The molecule has 0 aliphatic heterocycles. The first kappa shape index (κ1) is 13.6. The molecular weight excluding hydrogens is 222 g/mol. The summed E-state index contributed by atoms with van der Waals surface area (Å²) >= 11 is 0. The van der Waals surface area contributed by atoms with Crippen LogP contribution in [0.2, 0.25) is 0 Å². The highest BCUT2D eigenvalue weighted by molar-refractivity contribution is 5.12. The summed E-state index contributed by atoms with van der Waals surface area (Å²) < 4.78 is 2.19. The van der Waals surface area contributed by atoms with Gasteiger partial charge in [-0.15, -0.1) is 0 Å². The van der Waals surface area contributed by atoms with E-state index >= 15 is 0 Å². The molecule has 1 aliphatic rings. The van der Waals surface area contributed by atoms with Gasteiger partial charge in [-0.2, -0.15) is 5.10 Å². The maximum atomic E-state index is 4.49. The second-order valence-electron chi connectivity index (χ2n) is 5.83. The van der Waals surface area contributed by atoms with Crippen LogP contribution in [-0.4, -0.2) is 16.3 Å². The van der Waals surface area contributed by atoms with E-state index in [1.165, 1.54) is 31.4 Å². The molecule has 0 bridgehead atoms. The minimum atomic E-state index is 0.404. The first-order valence-corrected chi connectivity index (χ1v) is 7.46. The largest absolute Gasteiger partial charge is 0.308 e. The Kier molecular flexibility index (Phi) is 4.44. The van der Waals surface area contributed by atoms with Gasteiger partial charge in [-0.25, -0.2) is 0 Å². The van der Waals surface area contributed by atoms with Gasteiger partial charge in [-0.05, 0) is 37.3 Å². The van der Waals surface area contributed by atoms with Crippen molar-refractivity contribution in [3.05, 3.63) is 18.0 Å². The van der Waals surface area contributed by atoms with Crippen molar-refractivity contribution in [3.8, 4) is 0 Å². The molecule has 0 aromatic carbocycles. The summed E-state index contributed by atoms with van der Waals surface area (Å²) in [5, 5.41) is 8.19. The van der Waals surface area contributed by atoms with Gasteiger partial charge in [0, 0.05) is 12.7 Å². The van der Waals surface area contributed by atoms with Crippen LogP contribution in [0.1, 0.15) is 64.6 Å². The van der Waals surface area contributed by atoms with Crippen LogP contribution in [0, 0.1) is 5.41 Å². The lowest BCUT2D eigenvalue weighted by atomic mass is 9.79. The van der Waals surface area contributed by atoms with Gasteiger partial charge in [0.15, 0.2) is 0 Å². The van der Waals surface area contributed by atoms with Crippen LogP contribution in [0.25, 0.3) is 0 Å². The summed E-state index contributed by atoms with van der Waals surface area (Å²) in [5.74, 6) is 0. The van der Waals surface area contributed by atoms with E-state index in [4.69, 9.17) is 0 Å². The van der Waals surface area contributed by atoms with E-state index in [1.807, 2.05) is 6.20 Å². The average molecular weight is 249 g/mol. The van der Waals surface area contributed by atoms with E-state index in [9.17, 15) is 0 Å². The van der Waals surface area contributed by atoms with Gasteiger partial charge < -0.3 is 5.32 Å². The fraction of sp³-hybridized carbons (Fsp3) is 0.800. The zero-order valence-corrected chi connectivity index (χ0v) is 12.1. The van der Waals surface area contributed by atoms with Gasteiger partial charge in [-0.3, -0.25) is 4.68 Å². The predicted molar refractivity (Wildman–Crippen MR) is 75.5 cm³/mol. The maximum Gasteiger partial charge on any atom is 0.0559 e. The second kappa shape index (κ2) is 5.87. The Balaban J connectivity index is 2.25. The van der Waals surface area contributed by atoms with Crippen LogP contribution in [0.4, 0.5) is 0 Å². The first-order valence-electron chi connectivity index (χ1n) is 7.46. The second-order valence-corrected chi connectivity index (χ2v) is 5.83. The van der Waals surface area contributed by atoms with Crippen LogP contribution in [0.3, 0.4) is 0 Å². The zero-order chi connectivity index (χ0) is 13.0. The van der Waals surface area contributed by atoms with E-state index in [0.29, 0.717) is 11.5 Å². The normalized spacial score (nSPS) is 20.2. The van der Waals surface area contributed by atoms with E-state index < -0.39 is 0 Å². The molecule has 0 radical (unpaired) electrons. The third kappa shape index (κ3) is 2.61. The number of rotatable bonds is 6. The average Bonchev–Trinajstić information content (AvgIpc) is 2.97. The highest BCUT2D eigenvalue weighted by Crippen LogP contribution is 2.47. The Hall–Kier alpha value is -0.830. The van der Waals surface area contributed by atoms with Crippen molar-refractivity contribution < 1.29 is 0 Å². The molecule has 3 heteroatoms. The zero-order valence-electron chi connectivity index (χ0n) is 12.1. The lowest BCUT2D eigenvalue weighted by molar-refractivity contribution is 0.215. The van der Waals surface area contributed by atoms with E-state index in [2.05, 4.69) is 41.9 Å². The fourth-order valence-corrected chi connectivity index (χ4v) is 3.37. The highest BCUT2D eigenvalue weighted by Gasteiger charge is 2.38. The van der Waals surface area contributed by atoms with Crippen LogP contribution in [0.15, 0.2) is 12.3 Å². The summed E-state index contributed by atoms with van der Waals surface area (Å²) in [5.41, 5.74) is 1.78. The smallest absolute Gasteiger partial charge is 0.0559 e. The molecule has 1 aliphatic carbocycles. The van der Waals surface area contributed by atoms with E-state index in [1.54, 1.807) is 0 Å². The molecule has 3 nitrogen and oxygen atoms in total. The third-order valence-corrected chi connectivity index (χ3v) is 4.33. The fourth-order valence-electron chi connectivity index (χ4n) is 3.37. The number of aryl methyl sites for hydroxylation is 1. The molecule has 102 valence electrons. The monoisotopic (exact) mass is 249 g/mol. The minimum Gasteiger partial charge on any atom is -0.308 e.